The van der Waals surface area contributed by atoms with Crippen LogP contribution in [0.25, 0.3) is 0 Å². The summed E-state index contributed by atoms with van der Waals surface area (Å²) < 4.78 is 0. The first-order chi connectivity index (χ1) is 9.00. The summed E-state index contributed by atoms with van der Waals surface area (Å²) in [4.78, 5) is 10.8. The molecule has 0 amide bonds. The Morgan fingerprint density at radius 1 is 1.37 bits per heavy atom. The van der Waals surface area contributed by atoms with E-state index in [1.165, 1.54) is 0 Å². The van der Waals surface area contributed by atoms with Crippen molar-refractivity contribution < 1.29 is 15.0 Å². The molecule has 104 valence electrons. The third-order valence-corrected chi connectivity index (χ3v) is 3.92. The fourth-order valence-electron chi connectivity index (χ4n) is 2.75. The second-order valence-corrected chi connectivity index (χ2v) is 5.43. The van der Waals surface area contributed by atoms with E-state index in [1.807, 2.05) is 0 Å². The van der Waals surface area contributed by atoms with Gasteiger partial charge in [-0.3, -0.25) is 4.79 Å². The van der Waals surface area contributed by atoms with Crippen molar-refractivity contribution >= 4 is 17.6 Å². The molecule has 1 aromatic carbocycles. The van der Waals surface area contributed by atoms with Gasteiger partial charge >= 0.3 is 5.97 Å². The lowest BCUT2D eigenvalue weighted by Crippen LogP contribution is -2.18. The van der Waals surface area contributed by atoms with Gasteiger partial charge in [-0.05, 0) is 42.9 Å². The van der Waals surface area contributed by atoms with Crippen LogP contribution in [0.3, 0.4) is 0 Å². The Labute approximate surface area is 117 Å². The number of aryl methyl sites for hydroxylation is 1. The van der Waals surface area contributed by atoms with Crippen LogP contribution in [0.1, 0.15) is 48.4 Å². The standard InChI is InChI=1S/C14H18ClNO3/c15-10-6-8-4-2-1-3-5-9(8)13(14(10)19)11(16)7-12(17)18/h6,11,19H,1-5,7,16H2,(H,17,18). The van der Waals surface area contributed by atoms with E-state index < -0.39 is 12.0 Å². The van der Waals surface area contributed by atoms with Crippen LogP contribution in [0.4, 0.5) is 0 Å². The Morgan fingerprint density at radius 3 is 2.74 bits per heavy atom. The van der Waals surface area contributed by atoms with E-state index in [9.17, 15) is 9.90 Å². The van der Waals surface area contributed by atoms with Crippen molar-refractivity contribution in [1.82, 2.24) is 0 Å². The highest BCUT2D eigenvalue weighted by Crippen LogP contribution is 2.39. The van der Waals surface area contributed by atoms with Gasteiger partial charge in [0.25, 0.3) is 0 Å². The first-order valence-electron chi connectivity index (χ1n) is 6.51. The van der Waals surface area contributed by atoms with Crippen molar-refractivity contribution in [3.63, 3.8) is 0 Å². The van der Waals surface area contributed by atoms with Gasteiger partial charge in [0.05, 0.1) is 11.4 Å². The molecule has 0 radical (unpaired) electrons. The average Bonchev–Trinajstić information content (AvgIpc) is 2.54. The Bertz CT molecular complexity index is 502. The number of hydrogen-bond donors (Lipinski definition) is 3. The van der Waals surface area contributed by atoms with Crippen molar-refractivity contribution in [3.8, 4) is 5.75 Å². The zero-order chi connectivity index (χ0) is 14.0. The van der Waals surface area contributed by atoms with Gasteiger partial charge in [-0.1, -0.05) is 18.0 Å². The molecule has 1 atom stereocenters. The Hall–Kier alpha value is -1.26. The number of carboxylic acid groups (broad SMARTS) is 1. The van der Waals surface area contributed by atoms with E-state index in [1.54, 1.807) is 6.07 Å². The predicted molar refractivity (Wildman–Crippen MR) is 73.6 cm³/mol. The van der Waals surface area contributed by atoms with Crippen molar-refractivity contribution in [2.75, 3.05) is 0 Å². The lowest BCUT2D eigenvalue weighted by molar-refractivity contribution is -0.137. The quantitative estimate of drug-likeness (QED) is 0.745. The zero-order valence-electron chi connectivity index (χ0n) is 10.7. The van der Waals surface area contributed by atoms with Gasteiger partial charge in [0, 0.05) is 11.6 Å². The molecule has 2 rings (SSSR count). The Morgan fingerprint density at radius 2 is 2.05 bits per heavy atom. The van der Waals surface area contributed by atoms with E-state index in [-0.39, 0.29) is 17.2 Å². The molecule has 1 aliphatic carbocycles. The number of phenolic OH excluding ortho intramolecular Hbond substituents is 1. The molecule has 0 spiro atoms. The summed E-state index contributed by atoms with van der Waals surface area (Å²) >= 11 is 6.03. The fourth-order valence-corrected chi connectivity index (χ4v) is 2.99. The lowest BCUT2D eigenvalue weighted by Gasteiger charge is -2.20. The number of fused-ring (bicyclic) bond motifs is 1. The van der Waals surface area contributed by atoms with Crippen molar-refractivity contribution in [2.24, 2.45) is 5.73 Å². The van der Waals surface area contributed by atoms with Crippen molar-refractivity contribution in [3.05, 3.63) is 27.8 Å². The van der Waals surface area contributed by atoms with Crippen LogP contribution in [0.5, 0.6) is 5.75 Å². The minimum atomic E-state index is -0.978. The van der Waals surface area contributed by atoms with Crippen LogP contribution in [-0.4, -0.2) is 16.2 Å². The topological polar surface area (TPSA) is 83.6 Å². The predicted octanol–water partition coefficient (Wildman–Crippen LogP) is 2.79. The minimum absolute atomic E-state index is 0.0592. The number of carbonyl (C=O) groups is 1. The van der Waals surface area contributed by atoms with Gasteiger partial charge in [0.2, 0.25) is 0 Å². The Balaban J connectivity index is 2.50. The number of benzene rings is 1. The fraction of sp³-hybridized carbons (Fsp3) is 0.500. The zero-order valence-corrected chi connectivity index (χ0v) is 11.4. The first-order valence-corrected chi connectivity index (χ1v) is 6.89. The van der Waals surface area contributed by atoms with E-state index >= 15 is 0 Å². The lowest BCUT2D eigenvalue weighted by atomic mass is 9.91. The summed E-state index contributed by atoms with van der Waals surface area (Å²) in [5.74, 6) is -1.04. The van der Waals surface area contributed by atoms with E-state index in [4.69, 9.17) is 22.4 Å². The number of halogens is 1. The minimum Gasteiger partial charge on any atom is -0.506 e. The maximum Gasteiger partial charge on any atom is 0.305 e. The van der Waals surface area contributed by atoms with Crippen molar-refractivity contribution in [2.45, 2.75) is 44.6 Å². The van der Waals surface area contributed by atoms with Gasteiger partial charge in [-0.25, -0.2) is 0 Å². The molecule has 0 saturated heterocycles. The van der Waals surface area contributed by atoms with Gasteiger partial charge in [0.15, 0.2) is 0 Å². The van der Waals surface area contributed by atoms with Crippen molar-refractivity contribution in [1.29, 1.82) is 0 Å². The largest absolute Gasteiger partial charge is 0.506 e. The summed E-state index contributed by atoms with van der Waals surface area (Å²) in [5.41, 5.74) is 8.55. The highest BCUT2D eigenvalue weighted by molar-refractivity contribution is 6.32. The van der Waals surface area contributed by atoms with E-state index in [2.05, 4.69) is 0 Å². The van der Waals surface area contributed by atoms with Gasteiger partial charge < -0.3 is 15.9 Å². The SMILES string of the molecule is NC(CC(=O)O)c1c(O)c(Cl)cc2c1CCCCC2. The average molecular weight is 284 g/mol. The molecule has 1 aromatic rings. The summed E-state index contributed by atoms with van der Waals surface area (Å²) in [7, 11) is 0. The third kappa shape index (κ3) is 3.01. The molecule has 0 aliphatic heterocycles. The van der Waals surface area contributed by atoms with Gasteiger partial charge in [0.1, 0.15) is 5.75 Å². The molecular weight excluding hydrogens is 266 g/mol. The smallest absolute Gasteiger partial charge is 0.305 e. The summed E-state index contributed by atoms with van der Waals surface area (Å²) in [6, 6.07) is 1.07. The van der Waals surface area contributed by atoms with Gasteiger partial charge in [-0.2, -0.15) is 0 Å². The molecule has 0 bridgehead atoms. The molecule has 4 nitrogen and oxygen atoms in total. The molecule has 1 aliphatic rings. The number of aliphatic carboxylic acids is 1. The molecule has 0 heterocycles. The van der Waals surface area contributed by atoms with Gasteiger partial charge in [-0.15, -0.1) is 0 Å². The monoisotopic (exact) mass is 283 g/mol. The third-order valence-electron chi connectivity index (χ3n) is 3.63. The highest BCUT2D eigenvalue weighted by atomic mass is 35.5. The van der Waals surface area contributed by atoms with E-state index in [0.29, 0.717) is 5.56 Å². The highest BCUT2D eigenvalue weighted by Gasteiger charge is 2.24. The van der Waals surface area contributed by atoms with Crippen LogP contribution >= 0.6 is 11.6 Å². The summed E-state index contributed by atoms with van der Waals surface area (Å²) in [6.45, 7) is 0. The van der Waals surface area contributed by atoms with Crippen LogP contribution in [0, 0.1) is 0 Å². The number of rotatable bonds is 3. The molecule has 0 aromatic heterocycles. The van der Waals surface area contributed by atoms with Crippen LogP contribution < -0.4 is 5.73 Å². The number of hydrogen-bond acceptors (Lipinski definition) is 3. The maximum atomic E-state index is 10.8. The molecule has 19 heavy (non-hydrogen) atoms. The molecule has 4 N–H and O–H groups in total. The number of aromatic hydroxyl groups is 1. The molecule has 0 saturated carbocycles. The van der Waals surface area contributed by atoms with Crippen LogP contribution in [0.2, 0.25) is 5.02 Å². The molecule has 5 heteroatoms. The summed E-state index contributed by atoms with van der Waals surface area (Å²) in [6.07, 6.45) is 4.76. The van der Waals surface area contributed by atoms with Crippen LogP contribution in [0.15, 0.2) is 6.07 Å². The normalized spacial score (nSPS) is 16.5. The molecular formula is C14H18ClNO3. The summed E-state index contributed by atoms with van der Waals surface area (Å²) in [5, 5.41) is 19.3. The van der Waals surface area contributed by atoms with Crippen LogP contribution in [-0.2, 0) is 17.6 Å². The number of carboxylic acids is 1. The number of nitrogens with two attached hydrogens (primary N) is 1. The maximum absolute atomic E-state index is 10.8. The molecule has 0 fully saturated rings. The second kappa shape index (κ2) is 5.80. The molecule has 1 unspecified atom stereocenters. The number of phenols is 1. The second-order valence-electron chi connectivity index (χ2n) is 5.02. The van der Waals surface area contributed by atoms with E-state index in [0.717, 1.165) is 43.2 Å². The first kappa shape index (κ1) is 14.2. The Kier molecular flexibility index (Phi) is 4.32.